The highest BCUT2D eigenvalue weighted by Crippen LogP contribution is 2.20. The highest BCUT2D eigenvalue weighted by Gasteiger charge is 2.25. The summed E-state index contributed by atoms with van der Waals surface area (Å²) in [7, 11) is 0. The summed E-state index contributed by atoms with van der Waals surface area (Å²) in [6, 6.07) is 6.79. The Morgan fingerprint density at radius 2 is 2.29 bits per heavy atom. The summed E-state index contributed by atoms with van der Waals surface area (Å²) in [4.78, 5) is 0. The third-order valence-corrected chi connectivity index (χ3v) is 3.57. The van der Waals surface area contributed by atoms with E-state index in [9.17, 15) is 0 Å². The van der Waals surface area contributed by atoms with Crippen LogP contribution in [0.4, 0.5) is 0 Å². The topological polar surface area (TPSA) is 47.3 Å². The van der Waals surface area contributed by atoms with Gasteiger partial charge in [-0.15, -0.1) is 0 Å². The molecule has 0 bridgehead atoms. The first-order valence-electron chi connectivity index (χ1n) is 6.34. The Hall–Kier alpha value is -0.900. The molecule has 1 saturated heterocycles. The van der Waals surface area contributed by atoms with Crippen molar-refractivity contribution in [3.05, 3.63) is 34.9 Å². The highest BCUT2D eigenvalue weighted by atomic mass is 16.5. The van der Waals surface area contributed by atoms with E-state index in [-0.39, 0.29) is 12.1 Å². The lowest BCUT2D eigenvalue weighted by atomic mass is 9.95. The Labute approximate surface area is 103 Å². The molecule has 2 atom stereocenters. The van der Waals surface area contributed by atoms with Crippen LogP contribution in [0.3, 0.4) is 0 Å². The summed E-state index contributed by atoms with van der Waals surface area (Å²) in [5.41, 5.74) is 6.91. The van der Waals surface area contributed by atoms with Gasteiger partial charge in [-0.25, -0.2) is 0 Å². The molecule has 3 heteroatoms. The molecule has 1 aromatic carbocycles. The molecular weight excluding hydrogens is 212 g/mol. The predicted molar refractivity (Wildman–Crippen MR) is 69.7 cm³/mol. The number of nitrogens with two attached hydrogens (primary N) is 1. The number of ether oxygens (including phenoxy) is 1. The molecule has 3 N–H and O–H groups in total. The zero-order valence-corrected chi connectivity index (χ0v) is 10.7. The van der Waals surface area contributed by atoms with E-state index in [0.29, 0.717) is 0 Å². The molecule has 2 rings (SSSR count). The van der Waals surface area contributed by atoms with Crippen molar-refractivity contribution in [3.8, 4) is 0 Å². The molecule has 2 unspecified atom stereocenters. The zero-order valence-electron chi connectivity index (χ0n) is 10.7. The number of hydrogen-bond acceptors (Lipinski definition) is 3. The van der Waals surface area contributed by atoms with Gasteiger partial charge in [-0.1, -0.05) is 23.8 Å². The van der Waals surface area contributed by atoms with E-state index in [2.05, 4.69) is 37.5 Å². The summed E-state index contributed by atoms with van der Waals surface area (Å²) in [5.74, 6) is 5.66. The summed E-state index contributed by atoms with van der Waals surface area (Å²) in [6.45, 7) is 5.15. The Morgan fingerprint density at radius 3 is 2.94 bits per heavy atom. The number of aryl methyl sites for hydroxylation is 2. The van der Waals surface area contributed by atoms with E-state index in [1.165, 1.54) is 16.7 Å². The second-order valence-corrected chi connectivity index (χ2v) is 4.96. The molecule has 1 aliphatic heterocycles. The quantitative estimate of drug-likeness (QED) is 0.617. The van der Waals surface area contributed by atoms with E-state index in [1.54, 1.807) is 0 Å². The Balaban J connectivity index is 2.09. The van der Waals surface area contributed by atoms with Gasteiger partial charge in [0.25, 0.3) is 0 Å². The van der Waals surface area contributed by atoms with E-state index < -0.39 is 0 Å². The fourth-order valence-electron chi connectivity index (χ4n) is 2.47. The molecule has 1 aromatic rings. The van der Waals surface area contributed by atoms with Gasteiger partial charge in [0, 0.05) is 6.61 Å². The smallest absolute Gasteiger partial charge is 0.0745 e. The average Bonchev–Trinajstić information content (AvgIpc) is 2.84. The van der Waals surface area contributed by atoms with Crippen molar-refractivity contribution in [2.45, 2.75) is 45.3 Å². The Bertz CT molecular complexity index is 372. The average molecular weight is 234 g/mol. The van der Waals surface area contributed by atoms with Crippen LogP contribution in [0.1, 0.15) is 29.5 Å². The largest absolute Gasteiger partial charge is 0.377 e. The van der Waals surface area contributed by atoms with Gasteiger partial charge in [-0.05, 0) is 44.2 Å². The van der Waals surface area contributed by atoms with Crippen LogP contribution in [0.25, 0.3) is 0 Å². The maximum Gasteiger partial charge on any atom is 0.0745 e. The van der Waals surface area contributed by atoms with Crippen LogP contribution < -0.4 is 11.3 Å². The molecule has 0 amide bonds. The molecular formula is C14H22N2O. The molecule has 94 valence electrons. The predicted octanol–water partition coefficient (Wildman–Crippen LogP) is 1.86. The first kappa shape index (κ1) is 12.6. The highest BCUT2D eigenvalue weighted by molar-refractivity contribution is 5.31. The van der Waals surface area contributed by atoms with Gasteiger partial charge in [0.05, 0.1) is 12.1 Å². The number of hydrogen-bond donors (Lipinski definition) is 2. The molecule has 1 heterocycles. The summed E-state index contributed by atoms with van der Waals surface area (Å²) in [5, 5.41) is 0. The van der Waals surface area contributed by atoms with Crippen LogP contribution >= 0.6 is 0 Å². The van der Waals surface area contributed by atoms with Crippen molar-refractivity contribution < 1.29 is 4.74 Å². The van der Waals surface area contributed by atoms with Crippen molar-refractivity contribution in [3.63, 3.8) is 0 Å². The monoisotopic (exact) mass is 234 g/mol. The van der Waals surface area contributed by atoms with Gasteiger partial charge in [0.2, 0.25) is 0 Å². The minimum atomic E-state index is 0.220. The summed E-state index contributed by atoms with van der Waals surface area (Å²) < 4.78 is 5.71. The van der Waals surface area contributed by atoms with Crippen molar-refractivity contribution >= 4 is 0 Å². The van der Waals surface area contributed by atoms with E-state index >= 15 is 0 Å². The second kappa shape index (κ2) is 5.63. The van der Waals surface area contributed by atoms with Gasteiger partial charge < -0.3 is 4.74 Å². The first-order chi connectivity index (χ1) is 8.20. The molecule has 0 aliphatic carbocycles. The lowest BCUT2D eigenvalue weighted by Crippen LogP contribution is -2.45. The SMILES string of the molecule is Cc1ccc(C)c(CC(NN)C2CCCO2)c1. The molecule has 1 fully saturated rings. The summed E-state index contributed by atoms with van der Waals surface area (Å²) in [6.07, 6.45) is 3.46. The summed E-state index contributed by atoms with van der Waals surface area (Å²) >= 11 is 0. The van der Waals surface area contributed by atoms with E-state index in [4.69, 9.17) is 10.6 Å². The third-order valence-electron chi connectivity index (χ3n) is 3.57. The second-order valence-electron chi connectivity index (χ2n) is 4.96. The van der Waals surface area contributed by atoms with Crippen LogP contribution in [-0.4, -0.2) is 18.8 Å². The molecule has 1 aliphatic rings. The van der Waals surface area contributed by atoms with Gasteiger partial charge in [-0.3, -0.25) is 11.3 Å². The minimum absolute atomic E-state index is 0.220. The van der Waals surface area contributed by atoms with Crippen LogP contribution in [0.2, 0.25) is 0 Å². The van der Waals surface area contributed by atoms with E-state index in [0.717, 1.165) is 25.9 Å². The number of rotatable bonds is 4. The fourth-order valence-corrected chi connectivity index (χ4v) is 2.47. The van der Waals surface area contributed by atoms with Crippen LogP contribution in [0.15, 0.2) is 18.2 Å². The van der Waals surface area contributed by atoms with Crippen LogP contribution in [-0.2, 0) is 11.2 Å². The van der Waals surface area contributed by atoms with Crippen molar-refractivity contribution in [2.24, 2.45) is 5.84 Å². The normalized spacial score (nSPS) is 21.7. The van der Waals surface area contributed by atoms with E-state index in [1.807, 2.05) is 0 Å². The molecule has 3 nitrogen and oxygen atoms in total. The standard InChI is InChI=1S/C14H22N2O/c1-10-5-6-11(2)12(8-10)9-13(16-15)14-4-3-7-17-14/h5-6,8,13-14,16H,3-4,7,9,15H2,1-2H3. The molecule has 0 radical (unpaired) electrons. The van der Waals surface area contributed by atoms with Crippen LogP contribution in [0.5, 0.6) is 0 Å². The fraction of sp³-hybridized carbons (Fsp3) is 0.571. The maximum atomic E-state index is 5.71. The number of benzene rings is 1. The van der Waals surface area contributed by atoms with Gasteiger partial charge in [0.1, 0.15) is 0 Å². The lowest BCUT2D eigenvalue weighted by molar-refractivity contribution is 0.0784. The van der Waals surface area contributed by atoms with Gasteiger partial charge in [-0.2, -0.15) is 0 Å². The van der Waals surface area contributed by atoms with Gasteiger partial charge >= 0.3 is 0 Å². The molecule has 0 saturated carbocycles. The minimum Gasteiger partial charge on any atom is -0.377 e. The maximum absolute atomic E-state index is 5.71. The third kappa shape index (κ3) is 3.06. The van der Waals surface area contributed by atoms with Crippen molar-refractivity contribution in [1.29, 1.82) is 0 Å². The first-order valence-corrected chi connectivity index (χ1v) is 6.34. The zero-order chi connectivity index (χ0) is 12.3. The Kier molecular flexibility index (Phi) is 4.15. The Morgan fingerprint density at radius 1 is 1.47 bits per heavy atom. The van der Waals surface area contributed by atoms with Crippen LogP contribution in [0, 0.1) is 13.8 Å². The van der Waals surface area contributed by atoms with Crippen molar-refractivity contribution in [2.75, 3.05) is 6.61 Å². The number of nitrogens with one attached hydrogen (secondary N) is 1. The molecule has 17 heavy (non-hydrogen) atoms. The molecule has 0 spiro atoms. The number of hydrazine groups is 1. The molecule has 0 aromatic heterocycles. The van der Waals surface area contributed by atoms with Gasteiger partial charge in [0.15, 0.2) is 0 Å². The van der Waals surface area contributed by atoms with Crippen molar-refractivity contribution in [1.82, 2.24) is 5.43 Å². The lowest BCUT2D eigenvalue weighted by Gasteiger charge is -2.23.